The molecule has 2 rings (SSSR count). The summed E-state index contributed by atoms with van der Waals surface area (Å²) in [5.74, 6) is -0.478. The first kappa shape index (κ1) is 15.5. The highest BCUT2D eigenvalue weighted by Gasteiger charge is 2.13. The lowest BCUT2D eigenvalue weighted by Gasteiger charge is -2.09. The van der Waals surface area contributed by atoms with Gasteiger partial charge in [-0.3, -0.25) is 9.00 Å². The number of hydrogen-bond acceptors (Lipinski definition) is 3. The third-order valence-corrected chi connectivity index (χ3v) is 4.66. The SMILES string of the molecule is Cc1cc(N)ccc1S(=O)CC(=O)Nc1ccccc1Cl. The van der Waals surface area contributed by atoms with E-state index in [-0.39, 0.29) is 11.7 Å². The third kappa shape index (κ3) is 4.06. The van der Waals surface area contributed by atoms with Crippen molar-refractivity contribution in [2.24, 2.45) is 0 Å². The average Bonchev–Trinajstić information content (AvgIpc) is 2.41. The van der Waals surface area contributed by atoms with Crippen LogP contribution in [0, 0.1) is 6.92 Å². The standard InChI is InChI=1S/C15H15ClN2O2S/c1-10-8-11(17)6-7-14(10)21(20)9-15(19)18-13-5-3-2-4-12(13)16/h2-8H,9,17H2,1H3,(H,18,19). The van der Waals surface area contributed by atoms with E-state index in [9.17, 15) is 9.00 Å². The molecule has 2 aromatic carbocycles. The van der Waals surface area contributed by atoms with Crippen LogP contribution in [0.4, 0.5) is 11.4 Å². The Kier molecular flexibility index (Phi) is 4.98. The number of carbonyl (C=O) groups is 1. The number of anilines is 2. The largest absolute Gasteiger partial charge is 0.399 e. The summed E-state index contributed by atoms with van der Waals surface area (Å²) in [6.45, 7) is 1.82. The van der Waals surface area contributed by atoms with Gasteiger partial charge in [-0.2, -0.15) is 0 Å². The molecule has 0 saturated heterocycles. The van der Waals surface area contributed by atoms with E-state index in [2.05, 4.69) is 5.32 Å². The van der Waals surface area contributed by atoms with E-state index >= 15 is 0 Å². The third-order valence-electron chi connectivity index (χ3n) is 2.85. The van der Waals surface area contributed by atoms with Crippen LogP contribution in [0.1, 0.15) is 5.56 Å². The summed E-state index contributed by atoms with van der Waals surface area (Å²) in [5.41, 5.74) is 7.57. The number of para-hydroxylation sites is 1. The summed E-state index contributed by atoms with van der Waals surface area (Å²) in [4.78, 5) is 12.5. The van der Waals surface area contributed by atoms with Gasteiger partial charge in [-0.05, 0) is 42.8 Å². The van der Waals surface area contributed by atoms with Gasteiger partial charge in [0.15, 0.2) is 0 Å². The molecule has 2 aromatic rings. The molecule has 0 fully saturated rings. The summed E-state index contributed by atoms with van der Waals surface area (Å²) in [6, 6.07) is 12.0. The minimum atomic E-state index is -1.42. The molecule has 1 atom stereocenters. The number of nitrogens with one attached hydrogen (secondary N) is 1. The normalized spacial score (nSPS) is 11.9. The molecule has 4 nitrogen and oxygen atoms in total. The molecule has 1 unspecified atom stereocenters. The second-order valence-corrected chi connectivity index (χ2v) is 6.37. The molecule has 110 valence electrons. The highest BCUT2D eigenvalue weighted by Crippen LogP contribution is 2.21. The van der Waals surface area contributed by atoms with Crippen LogP contribution in [-0.2, 0) is 15.6 Å². The van der Waals surface area contributed by atoms with Gasteiger partial charge in [0.1, 0.15) is 5.75 Å². The molecule has 0 aromatic heterocycles. The molecule has 0 aliphatic rings. The zero-order valence-corrected chi connectivity index (χ0v) is 13.0. The van der Waals surface area contributed by atoms with Gasteiger partial charge in [0, 0.05) is 10.6 Å². The average molecular weight is 323 g/mol. The van der Waals surface area contributed by atoms with Crippen LogP contribution in [-0.4, -0.2) is 15.9 Å². The Morgan fingerprint density at radius 1 is 1.29 bits per heavy atom. The Morgan fingerprint density at radius 3 is 2.67 bits per heavy atom. The van der Waals surface area contributed by atoms with Gasteiger partial charge >= 0.3 is 0 Å². The molecule has 0 aliphatic carbocycles. The topological polar surface area (TPSA) is 72.2 Å². The van der Waals surface area contributed by atoms with Crippen molar-refractivity contribution in [3.63, 3.8) is 0 Å². The van der Waals surface area contributed by atoms with Gasteiger partial charge in [0.05, 0.1) is 21.5 Å². The highest BCUT2D eigenvalue weighted by molar-refractivity contribution is 7.85. The van der Waals surface area contributed by atoms with Crippen LogP contribution in [0.25, 0.3) is 0 Å². The summed E-state index contributed by atoms with van der Waals surface area (Å²) >= 11 is 5.96. The van der Waals surface area contributed by atoms with Crippen LogP contribution in [0.2, 0.25) is 5.02 Å². The number of amides is 1. The van der Waals surface area contributed by atoms with E-state index in [1.807, 2.05) is 6.92 Å². The first-order valence-electron chi connectivity index (χ1n) is 6.26. The lowest BCUT2D eigenvalue weighted by Crippen LogP contribution is -2.20. The molecule has 0 heterocycles. The van der Waals surface area contributed by atoms with Gasteiger partial charge in [-0.25, -0.2) is 0 Å². The van der Waals surface area contributed by atoms with Crippen molar-refractivity contribution in [1.29, 1.82) is 0 Å². The Morgan fingerprint density at radius 2 is 2.00 bits per heavy atom. The Hall–Kier alpha value is -1.85. The molecular formula is C15H15ClN2O2S. The number of hydrogen-bond donors (Lipinski definition) is 2. The van der Waals surface area contributed by atoms with Crippen LogP contribution >= 0.6 is 11.6 Å². The predicted octanol–water partition coefficient (Wildman–Crippen LogP) is 2.98. The predicted molar refractivity (Wildman–Crippen MR) is 86.9 cm³/mol. The van der Waals surface area contributed by atoms with E-state index in [1.165, 1.54) is 0 Å². The smallest absolute Gasteiger partial charge is 0.237 e. The van der Waals surface area contributed by atoms with Crippen molar-refractivity contribution < 1.29 is 9.00 Å². The number of carbonyl (C=O) groups excluding carboxylic acids is 1. The fourth-order valence-corrected chi connectivity index (χ4v) is 3.16. The maximum Gasteiger partial charge on any atom is 0.237 e. The monoisotopic (exact) mass is 322 g/mol. The maximum absolute atomic E-state index is 12.2. The van der Waals surface area contributed by atoms with Gasteiger partial charge in [0.2, 0.25) is 5.91 Å². The van der Waals surface area contributed by atoms with Crippen LogP contribution in [0.15, 0.2) is 47.4 Å². The number of aryl methyl sites for hydroxylation is 1. The maximum atomic E-state index is 12.2. The molecule has 6 heteroatoms. The minimum Gasteiger partial charge on any atom is -0.399 e. The molecule has 0 bridgehead atoms. The molecule has 1 amide bonds. The van der Waals surface area contributed by atoms with Crippen molar-refractivity contribution in [2.45, 2.75) is 11.8 Å². The van der Waals surface area contributed by atoms with Gasteiger partial charge < -0.3 is 11.1 Å². The zero-order chi connectivity index (χ0) is 15.4. The highest BCUT2D eigenvalue weighted by atomic mass is 35.5. The minimum absolute atomic E-state index is 0.129. The van der Waals surface area contributed by atoms with Crippen LogP contribution in [0.5, 0.6) is 0 Å². The number of rotatable bonds is 4. The molecular weight excluding hydrogens is 308 g/mol. The number of halogens is 1. The Balaban J connectivity index is 2.06. The second kappa shape index (κ2) is 6.74. The summed E-state index contributed by atoms with van der Waals surface area (Å²) in [5, 5.41) is 3.10. The summed E-state index contributed by atoms with van der Waals surface area (Å²) < 4.78 is 12.2. The first-order chi connectivity index (χ1) is 9.97. The van der Waals surface area contributed by atoms with E-state index in [0.717, 1.165) is 5.56 Å². The number of benzene rings is 2. The van der Waals surface area contributed by atoms with E-state index < -0.39 is 10.8 Å². The van der Waals surface area contributed by atoms with E-state index in [0.29, 0.717) is 21.3 Å². The van der Waals surface area contributed by atoms with Crippen molar-refractivity contribution in [1.82, 2.24) is 0 Å². The Labute approximate surface area is 130 Å². The van der Waals surface area contributed by atoms with Gasteiger partial charge in [-0.15, -0.1) is 0 Å². The zero-order valence-electron chi connectivity index (χ0n) is 11.4. The molecule has 3 N–H and O–H groups in total. The molecule has 0 spiro atoms. The molecule has 0 aliphatic heterocycles. The number of nitrogen functional groups attached to an aromatic ring is 1. The lowest BCUT2D eigenvalue weighted by atomic mass is 10.2. The number of nitrogens with two attached hydrogens (primary N) is 1. The van der Waals surface area contributed by atoms with Gasteiger partial charge in [0.25, 0.3) is 0 Å². The quantitative estimate of drug-likeness (QED) is 0.850. The Bertz CT molecular complexity index is 704. The lowest BCUT2D eigenvalue weighted by molar-refractivity contribution is -0.113. The summed E-state index contributed by atoms with van der Waals surface area (Å²) in [7, 11) is -1.42. The fraction of sp³-hybridized carbons (Fsp3) is 0.133. The fourth-order valence-electron chi connectivity index (χ4n) is 1.87. The van der Waals surface area contributed by atoms with Crippen molar-refractivity contribution >= 4 is 39.7 Å². The summed E-state index contributed by atoms with van der Waals surface area (Å²) in [6.07, 6.45) is 0. The van der Waals surface area contributed by atoms with Crippen molar-refractivity contribution in [3.05, 3.63) is 53.1 Å². The van der Waals surface area contributed by atoms with Crippen molar-refractivity contribution in [2.75, 3.05) is 16.8 Å². The van der Waals surface area contributed by atoms with E-state index in [4.69, 9.17) is 17.3 Å². The molecule has 0 radical (unpaired) electrons. The second-order valence-electron chi connectivity index (χ2n) is 4.54. The first-order valence-corrected chi connectivity index (χ1v) is 7.96. The van der Waals surface area contributed by atoms with Crippen molar-refractivity contribution in [3.8, 4) is 0 Å². The van der Waals surface area contributed by atoms with Gasteiger partial charge in [-0.1, -0.05) is 23.7 Å². The molecule has 0 saturated carbocycles. The van der Waals surface area contributed by atoms with Crippen LogP contribution in [0.3, 0.4) is 0 Å². The van der Waals surface area contributed by atoms with Crippen LogP contribution < -0.4 is 11.1 Å². The van der Waals surface area contributed by atoms with E-state index in [1.54, 1.807) is 42.5 Å². The molecule has 21 heavy (non-hydrogen) atoms.